The number of nitrogens with one attached hydrogen (secondary N) is 3. The number of guanidine groups is 1. The Morgan fingerprint density at radius 2 is 1.90 bits per heavy atom. The van der Waals surface area contributed by atoms with Crippen LogP contribution in [-0.4, -0.2) is 40.8 Å². The van der Waals surface area contributed by atoms with Gasteiger partial charge in [-0.2, -0.15) is 5.10 Å². The molecule has 7 nitrogen and oxygen atoms in total. The van der Waals surface area contributed by atoms with Gasteiger partial charge in [-0.05, 0) is 64.3 Å². The van der Waals surface area contributed by atoms with Gasteiger partial charge in [-0.25, -0.2) is 4.99 Å². The molecule has 0 saturated heterocycles. The molecule has 1 heterocycles. The summed E-state index contributed by atoms with van der Waals surface area (Å²) in [6.45, 7) is 13.3. The second-order valence-corrected chi connectivity index (χ2v) is 7.61. The van der Waals surface area contributed by atoms with Crippen LogP contribution in [0.1, 0.15) is 60.9 Å². The smallest absolute Gasteiger partial charge is 0.251 e. The molecule has 0 spiro atoms. The highest BCUT2D eigenvalue weighted by Crippen LogP contribution is 2.07. The first-order valence-electron chi connectivity index (χ1n) is 10.9. The van der Waals surface area contributed by atoms with Crippen LogP contribution in [0.3, 0.4) is 0 Å². The van der Waals surface area contributed by atoms with Gasteiger partial charge in [0, 0.05) is 36.9 Å². The minimum absolute atomic E-state index is 0.0305. The summed E-state index contributed by atoms with van der Waals surface area (Å²) >= 11 is 0. The Morgan fingerprint density at radius 3 is 2.50 bits per heavy atom. The molecule has 1 amide bonds. The summed E-state index contributed by atoms with van der Waals surface area (Å²) in [6, 6.07) is 9.91. The van der Waals surface area contributed by atoms with E-state index in [1.165, 1.54) is 5.69 Å². The van der Waals surface area contributed by atoms with Crippen molar-refractivity contribution in [2.45, 2.75) is 66.6 Å². The van der Waals surface area contributed by atoms with E-state index in [1.807, 2.05) is 42.8 Å². The molecular formula is C23H36N6O. The number of amides is 1. The van der Waals surface area contributed by atoms with E-state index in [0.29, 0.717) is 12.1 Å². The SMILES string of the molecule is CCNC(=NCc1ccc(C(=O)NC(C)CC)cc1)NCCCn1nc(C)cc1C. The van der Waals surface area contributed by atoms with Crippen LogP contribution in [0.15, 0.2) is 35.3 Å². The second-order valence-electron chi connectivity index (χ2n) is 7.61. The van der Waals surface area contributed by atoms with Crippen molar-refractivity contribution in [1.29, 1.82) is 0 Å². The van der Waals surface area contributed by atoms with Crippen LogP contribution in [0.25, 0.3) is 0 Å². The number of aliphatic imine (C=N–C) groups is 1. The Hall–Kier alpha value is -2.83. The highest BCUT2D eigenvalue weighted by molar-refractivity contribution is 5.94. The lowest BCUT2D eigenvalue weighted by atomic mass is 10.1. The van der Waals surface area contributed by atoms with Crippen molar-refractivity contribution in [3.8, 4) is 0 Å². The Labute approximate surface area is 180 Å². The summed E-state index contributed by atoms with van der Waals surface area (Å²) in [5, 5.41) is 14.1. The maximum atomic E-state index is 12.2. The number of aryl methyl sites for hydroxylation is 3. The number of carbonyl (C=O) groups is 1. The predicted octanol–water partition coefficient (Wildman–Crippen LogP) is 3.17. The van der Waals surface area contributed by atoms with Gasteiger partial charge in [0.15, 0.2) is 5.96 Å². The van der Waals surface area contributed by atoms with Crippen LogP contribution in [0, 0.1) is 13.8 Å². The third-order valence-corrected chi connectivity index (χ3v) is 4.91. The van der Waals surface area contributed by atoms with Crippen LogP contribution < -0.4 is 16.0 Å². The lowest BCUT2D eigenvalue weighted by Crippen LogP contribution is -2.38. The molecule has 0 aliphatic rings. The predicted molar refractivity (Wildman–Crippen MR) is 123 cm³/mol. The van der Waals surface area contributed by atoms with E-state index in [9.17, 15) is 4.79 Å². The number of rotatable bonds is 10. The average Bonchev–Trinajstić information content (AvgIpc) is 3.06. The molecule has 0 saturated carbocycles. The van der Waals surface area contributed by atoms with Crippen molar-refractivity contribution in [1.82, 2.24) is 25.7 Å². The molecule has 1 unspecified atom stereocenters. The molecule has 0 aliphatic heterocycles. The van der Waals surface area contributed by atoms with Gasteiger partial charge in [0.1, 0.15) is 0 Å². The number of benzene rings is 1. The molecule has 164 valence electrons. The maximum absolute atomic E-state index is 12.2. The minimum Gasteiger partial charge on any atom is -0.357 e. The molecule has 1 aromatic carbocycles. The standard InChI is InChI=1S/C23H36N6O/c1-6-17(3)27-22(30)21-11-9-20(10-12-21)16-26-23(24-7-2)25-13-8-14-29-19(5)15-18(4)28-29/h9-12,15,17H,6-8,13-14,16H2,1-5H3,(H,27,30)(H2,24,25,26). The Bertz CT molecular complexity index is 825. The van der Waals surface area contributed by atoms with E-state index in [1.54, 1.807) is 0 Å². The van der Waals surface area contributed by atoms with Crippen LogP contribution in [0.4, 0.5) is 0 Å². The summed E-state index contributed by atoms with van der Waals surface area (Å²) in [5.74, 6) is 0.765. The average molecular weight is 413 g/mol. The quantitative estimate of drug-likeness (QED) is 0.318. The van der Waals surface area contributed by atoms with E-state index in [-0.39, 0.29) is 11.9 Å². The topological polar surface area (TPSA) is 83.3 Å². The molecule has 1 atom stereocenters. The number of carbonyl (C=O) groups excluding carboxylic acids is 1. The third-order valence-electron chi connectivity index (χ3n) is 4.91. The zero-order valence-electron chi connectivity index (χ0n) is 19.0. The largest absolute Gasteiger partial charge is 0.357 e. The number of nitrogens with zero attached hydrogens (tertiary/aromatic N) is 3. The fourth-order valence-electron chi connectivity index (χ4n) is 3.02. The monoisotopic (exact) mass is 412 g/mol. The molecule has 2 aromatic rings. The minimum atomic E-state index is -0.0305. The van der Waals surface area contributed by atoms with Gasteiger partial charge in [-0.3, -0.25) is 9.48 Å². The molecule has 0 fully saturated rings. The number of hydrogen-bond donors (Lipinski definition) is 3. The zero-order chi connectivity index (χ0) is 21.9. The Kier molecular flexibility index (Phi) is 9.38. The first-order valence-corrected chi connectivity index (χ1v) is 10.9. The highest BCUT2D eigenvalue weighted by Gasteiger charge is 2.08. The number of aromatic nitrogens is 2. The van der Waals surface area contributed by atoms with E-state index in [0.717, 1.165) is 49.7 Å². The Morgan fingerprint density at radius 1 is 1.17 bits per heavy atom. The normalized spacial score (nSPS) is 12.5. The first-order chi connectivity index (χ1) is 14.4. The van der Waals surface area contributed by atoms with E-state index in [2.05, 4.69) is 52.9 Å². The summed E-state index contributed by atoms with van der Waals surface area (Å²) in [6.07, 6.45) is 1.88. The molecule has 7 heteroatoms. The second kappa shape index (κ2) is 12.0. The molecule has 0 bridgehead atoms. The summed E-state index contributed by atoms with van der Waals surface area (Å²) < 4.78 is 2.04. The van der Waals surface area contributed by atoms with Gasteiger partial charge in [-0.1, -0.05) is 19.1 Å². The summed E-state index contributed by atoms with van der Waals surface area (Å²) in [5.41, 5.74) is 3.99. The van der Waals surface area contributed by atoms with E-state index < -0.39 is 0 Å². The fourth-order valence-corrected chi connectivity index (χ4v) is 3.02. The molecule has 0 radical (unpaired) electrons. The van der Waals surface area contributed by atoms with Crippen LogP contribution >= 0.6 is 0 Å². The van der Waals surface area contributed by atoms with Gasteiger partial charge < -0.3 is 16.0 Å². The third kappa shape index (κ3) is 7.54. The van der Waals surface area contributed by atoms with Gasteiger partial charge in [0.05, 0.1) is 12.2 Å². The van der Waals surface area contributed by atoms with Crippen molar-refractivity contribution in [2.24, 2.45) is 4.99 Å². The maximum Gasteiger partial charge on any atom is 0.251 e. The molecule has 3 N–H and O–H groups in total. The lowest BCUT2D eigenvalue weighted by Gasteiger charge is -2.12. The van der Waals surface area contributed by atoms with Crippen molar-refractivity contribution in [2.75, 3.05) is 13.1 Å². The van der Waals surface area contributed by atoms with Crippen LogP contribution in [-0.2, 0) is 13.1 Å². The molecule has 0 aliphatic carbocycles. The van der Waals surface area contributed by atoms with E-state index in [4.69, 9.17) is 0 Å². The highest BCUT2D eigenvalue weighted by atomic mass is 16.1. The molecule has 1 aromatic heterocycles. The van der Waals surface area contributed by atoms with Gasteiger partial charge in [0.2, 0.25) is 0 Å². The first kappa shape index (κ1) is 23.4. The molecule has 30 heavy (non-hydrogen) atoms. The zero-order valence-corrected chi connectivity index (χ0v) is 19.0. The Balaban J connectivity index is 1.84. The van der Waals surface area contributed by atoms with Crippen molar-refractivity contribution in [3.05, 3.63) is 52.8 Å². The summed E-state index contributed by atoms with van der Waals surface area (Å²) in [7, 11) is 0. The van der Waals surface area contributed by atoms with Gasteiger partial charge >= 0.3 is 0 Å². The van der Waals surface area contributed by atoms with Crippen molar-refractivity contribution < 1.29 is 4.79 Å². The van der Waals surface area contributed by atoms with Crippen molar-refractivity contribution >= 4 is 11.9 Å². The summed E-state index contributed by atoms with van der Waals surface area (Å²) in [4.78, 5) is 16.8. The number of hydrogen-bond acceptors (Lipinski definition) is 3. The van der Waals surface area contributed by atoms with Gasteiger partial charge in [-0.15, -0.1) is 0 Å². The van der Waals surface area contributed by atoms with Gasteiger partial charge in [0.25, 0.3) is 5.91 Å². The fraction of sp³-hybridized carbons (Fsp3) is 0.522. The molecule has 2 rings (SSSR count). The lowest BCUT2D eigenvalue weighted by molar-refractivity contribution is 0.0939. The van der Waals surface area contributed by atoms with E-state index >= 15 is 0 Å². The van der Waals surface area contributed by atoms with Crippen LogP contribution in [0.2, 0.25) is 0 Å². The van der Waals surface area contributed by atoms with Crippen LogP contribution in [0.5, 0.6) is 0 Å². The molecular weight excluding hydrogens is 376 g/mol. The van der Waals surface area contributed by atoms with Crippen molar-refractivity contribution in [3.63, 3.8) is 0 Å².